The first-order valence-electron chi connectivity index (χ1n) is 4.71. The van der Waals surface area contributed by atoms with Crippen molar-refractivity contribution in [3.8, 4) is 5.75 Å². The van der Waals surface area contributed by atoms with Gasteiger partial charge in [-0.1, -0.05) is 20.3 Å². The third-order valence-electron chi connectivity index (χ3n) is 2.12. The molecule has 0 aliphatic carbocycles. The van der Waals surface area contributed by atoms with E-state index in [4.69, 9.17) is 4.74 Å². The summed E-state index contributed by atoms with van der Waals surface area (Å²) in [5.74, 6) is 0.971. The van der Waals surface area contributed by atoms with Crippen LogP contribution >= 0.6 is 15.9 Å². The zero-order chi connectivity index (χ0) is 10.6. The monoisotopic (exact) mass is 260 g/mol. The minimum atomic E-state index is -0.263. The van der Waals surface area contributed by atoms with Crippen molar-refractivity contribution in [1.82, 2.24) is 0 Å². The third-order valence-corrected chi connectivity index (χ3v) is 2.73. The van der Waals surface area contributed by atoms with Gasteiger partial charge in [-0.2, -0.15) is 0 Å². The SMILES string of the molecule is CCC(C)COc1ccc(F)c(Br)c1. The second kappa shape index (κ2) is 5.35. The molecule has 14 heavy (non-hydrogen) atoms. The van der Waals surface area contributed by atoms with Crippen LogP contribution in [0.1, 0.15) is 20.3 Å². The molecule has 0 saturated heterocycles. The zero-order valence-electron chi connectivity index (χ0n) is 8.39. The maximum absolute atomic E-state index is 12.9. The van der Waals surface area contributed by atoms with Crippen molar-refractivity contribution in [3.05, 3.63) is 28.5 Å². The minimum Gasteiger partial charge on any atom is -0.493 e. The van der Waals surface area contributed by atoms with Gasteiger partial charge in [0.1, 0.15) is 11.6 Å². The van der Waals surface area contributed by atoms with E-state index >= 15 is 0 Å². The van der Waals surface area contributed by atoms with Crippen LogP contribution in [0.25, 0.3) is 0 Å². The fourth-order valence-electron chi connectivity index (χ4n) is 0.923. The van der Waals surface area contributed by atoms with Crippen molar-refractivity contribution in [1.29, 1.82) is 0 Å². The predicted octanol–water partition coefficient (Wildman–Crippen LogP) is 4.01. The van der Waals surface area contributed by atoms with Crippen molar-refractivity contribution in [3.63, 3.8) is 0 Å². The lowest BCUT2D eigenvalue weighted by molar-refractivity contribution is 0.256. The molecular formula is C11H14BrFO. The topological polar surface area (TPSA) is 9.23 Å². The van der Waals surface area contributed by atoms with E-state index in [1.165, 1.54) is 6.07 Å². The smallest absolute Gasteiger partial charge is 0.137 e. The second-order valence-electron chi connectivity index (χ2n) is 3.40. The van der Waals surface area contributed by atoms with E-state index in [0.29, 0.717) is 22.7 Å². The van der Waals surface area contributed by atoms with Gasteiger partial charge in [0.15, 0.2) is 0 Å². The molecule has 1 rings (SSSR count). The standard InChI is InChI=1S/C11H14BrFO/c1-3-8(2)7-14-9-4-5-11(13)10(12)6-9/h4-6,8H,3,7H2,1-2H3. The lowest BCUT2D eigenvalue weighted by Crippen LogP contribution is -2.07. The molecule has 0 N–H and O–H groups in total. The minimum absolute atomic E-state index is 0.263. The fraction of sp³-hybridized carbons (Fsp3) is 0.455. The molecule has 0 radical (unpaired) electrons. The summed E-state index contributed by atoms with van der Waals surface area (Å²) < 4.78 is 18.8. The molecule has 0 heterocycles. The summed E-state index contributed by atoms with van der Waals surface area (Å²) in [6.45, 7) is 4.92. The molecule has 0 saturated carbocycles. The highest BCUT2D eigenvalue weighted by molar-refractivity contribution is 9.10. The third kappa shape index (κ3) is 3.29. The summed E-state index contributed by atoms with van der Waals surface area (Å²) in [4.78, 5) is 0. The Bertz CT molecular complexity index is 301. The van der Waals surface area contributed by atoms with Gasteiger partial charge in [-0.3, -0.25) is 0 Å². The van der Waals surface area contributed by atoms with Gasteiger partial charge < -0.3 is 4.74 Å². The maximum Gasteiger partial charge on any atom is 0.137 e. The molecule has 78 valence electrons. The van der Waals surface area contributed by atoms with E-state index in [-0.39, 0.29) is 5.82 Å². The number of benzene rings is 1. The Morgan fingerprint density at radius 3 is 2.79 bits per heavy atom. The second-order valence-corrected chi connectivity index (χ2v) is 4.25. The molecule has 0 aliphatic heterocycles. The first-order chi connectivity index (χ1) is 6.63. The summed E-state index contributed by atoms with van der Waals surface area (Å²) in [5.41, 5.74) is 0. The van der Waals surface area contributed by atoms with Gasteiger partial charge in [0.05, 0.1) is 11.1 Å². The van der Waals surface area contributed by atoms with Crippen molar-refractivity contribution in [2.75, 3.05) is 6.61 Å². The predicted molar refractivity (Wildman–Crippen MR) is 59.1 cm³/mol. The molecule has 0 aromatic heterocycles. The van der Waals surface area contributed by atoms with E-state index < -0.39 is 0 Å². The van der Waals surface area contributed by atoms with Crippen LogP contribution in [-0.4, -0.2) is 6.61 Å². The fourth-order valence-corrected chi connectivity index (χ4v) is 1.28. The summed E-state index contributed by atoms with van der Waals surface area (Å²) in [5, 5.41) is 0. The van der Waals surface area contributed by atoms with Gasteiger partial charge in [-0.05, 0) is 40.0 Å². The average molecular weight is 261 g/mol. The van der Waals surface area contributed by atoms with Crippen LogP contribution in [0, 0.1) is 11.7 Å². The van der Waals surface area contributed by atoms with Gasteiger partial charge in [0.25, 0.3) is 0 Å². The van der Waals surface area contributed by atoms with Crippen molar-refractivity contribution in [2.24, 2.45) is 5.92 Å². The average Bonchev–Trinajstić information content (AvgIpc) is 2.19. The van der Waals surface area contributed by atoms with Crippen LogP contribution < -0.4 is 4.74 Å². The number of hydrogen-bond donors (Lipinski definition) is 0. The summed E-state index contributed by atoms with van der Waals surface area (Å²) in [6.07, 6.45) is 1.09. The van der Waals surface area contributed by atoms with Crippen LogP contribution in [-0.2, 0) is 0 Å². The summed E-state index contributed by atoms with van der Waals surface area (Å²) in [7, 11) is 0. The van der Waals surface area contributed by atoms with Gasteiger partial charge in [-0.15, -0.1) is 0 Å². The van der Waals surface area contributed by atoms with Crippen LogP contribution in [0.4, 0.5) is 4.39 Å². The molecule has 1 aromatic rings. The van der Waals surface area contributed by atoms with E-state index in [1.54, 1.807) is 12.1 Å². The molecule has 1 aromatic carbocycles. The van der Waals surface area contributed by atoms with E-state index in [9.17, 15) is 4.39 Å². The van der Waals surface area contributed by atoms with Crippen LogP contribution in [0.3, 0.4) is 0 Å². The Balaban J connectivity index is 2.55. The molecule has 0 spiro atoms. The Morgan fingerprint density at radius 1 is 1.50 bits per heavy atom. The number of hydrogen-bond acceptors (Lipinski definition) is 1. The van der Waals surface area contributed by atoms with Gasteiger partial charge in [-0.25, -0.2) is 4.39 Å². The molecule has 0 bridgehead atoms. The number of halogens is 2. The van der Waals surface area contributed by atoms with Crippen LogP contribution in [0.2, 0.25) is 0 Å². The van der Waals surface area contributed by atoms with E-state index in [2.05, 4.69) is 29.8 Å². The molecule has 1 unspecified atom stereocenters. The number of rotatable bonds is 4. The first-order valence-corrected chi connectivity index (χ1v) is 5.50. The highest BCUT2D eigenvalue weighted by Gasteiger charge is 2.03. The maximum atomic E-state index is 12.9. The van der Waals surface area contributed by atoms with E-state index in [1.807, 2.05) is 0 Å². The van der Waals surface area contributed by atoms with Crippen LogP contribution in [0.15, 0.2) is 22.7 Å². The van der Waals surface area contributed by atoms with Crippen LogP contribution in [0.5, 0.6) is 5.75 Å². The van der Waals surface area contributed by atoms with Crippen molar-refractivity contribution >= 4 is 15.9 Å². The summed E-state index contributed by atoms with van der Waals surface area (Å²) >= 11 is 3.12. The normalized spacial score (nSPS) is 12.6. The highest BCUT2D eigenvalue weighted by atomic mass is 79.9. The molecule has 0 amide bonds. The van der Waals surface area contributed by atoms with Gasteiger partial charge in [0, 0.05) is 0 Å². The largest absolute Gasteiger partial charge is 0.493 e. The zero-order valence-corrected chi connectivity index (χ0v) is 9.97. The Hall–Kier alpha value is -0.570. The highest BCUT2D eigenvalue weighted by Crippen LogP contribution is 2.22. The first kappa shape index (κ1) is 11.5. The van der Waals surface area contributed by atoms with Gasteiger partial charge in [0.2, 0.25) is 0 Å². The molecule has 1 nitrogen and oxygen atoms in total. The van der Waals surface area contributed by atoms with Crippen molar-refractivity contribution in [2.45, 2.75) is 20.3 Å². The quantitative estimate of drug-likeness (QED) is 0.795. The Labute approximate surface area is 92.4 Å². The molecular weight excluding hydrogens is 247 g/mol. The molecule has 3 heteroatoms. The summed E-state index contributed by atoms with van der Waals surface area (Å²) in [6, 6.07) is 4.69. The van der Waals surface area contributed by atoms with Gasteiger partial charge >= 0.3 is 0 Å². The lowest BCUT2D eigenvalue weighted by atomic mass is 10.1. The molecule has 0 aliphatic rings. The Kier molecular flexibility index (Phi) is 4.39. The Morgan fingerprint density at radius 2 is 2.21 bits per heavy atom. The molecule has 1 atom stereocenters. The molecule has 0 fully saturated rings. The van der Waals surface area contributed by atoms with Crippen molar-refractivity contribution < 1.29 is 9.13 Å². The lowest BCUT2D eigenvalue weighted by Gasteiger charge is -2.11. The number of ether oxygens (including phenoxy) is 1. The van der Waals surface area contributed by atoms with E-state index in [0.717, 1.165) is 6.42 Å².